The van der Waals surface area contributed by atoms with Gasteiger partial charge in [-0.25, -0.2) is 0 Å². The minimum Gasteiger partial charge on any atom is -0.376 e. The number of benzene rings is 1. The summed E-state index contributed by atoms with van der Waals surface area (Å²) in [5.41, 5.74) is 1.45. The molecule has 0 aliphatic carbocycles. The van der Waals surface area contributed by atoms with E-state index < -0.39 is 0 Å². The Kier molecular flexibility index (Phi) is 8.97. The fourth-order valence-corrected chi connectivity index (χ4v) is 5.52. The molecule has 1 atom stereocenters. The van der Waals surface area contributed by atoms with Crippen molar-refractivity contribution in [2.24, 2.45) is 5.92 Å². The zero-order valence-corrected chi connectivity index (χ0v) is 19.8. The zero-order chi connectivity index (χ0) is 22.2. The highest BCUT2D eigenvalue weighted by molar-refractivity contribution is 5.78. The molecule has 3 aliphatic heterocycles. The molecule has 1 aromatic rings. The second kappa shape index (κ2) is 12.1. The van der Waals surface area contributed by atoms with Crippen molar-refractivity contribution < 1.29 is 14.3 Å². The number of likely N-dealkylation sites (N-methyl/N-ethyl adjacent to an activating group) is 1. The molecule has 1 amide bonds. The van der Waals surface area contributed by atoms with E-state index in [1.54, 1.807) is 0 Å². The molecule has 3 heterocycles. The van der Waals surface area contributed by atoms with Crippen LogP contribution in [0, 0.1) is 5.92 Å². The summed E-state index contributed by atoms with van der Waals surface area (Å²) in [7, 11) is 1.92. The van der Waals surface area contributed by atoms with Gasteiger partial charge in [0.05, 0.1) is 25.9 Å². The molecule has 3 fully saturated rings. The number of ether oxygens (including phenoxy) is 2. The monoisotopic (exact) mass is 443 g/mol. The van der Waals surface area contributed by atoms with Gasteiger partial charge in [0, 0.05) is 25.6 Å². The first kappa shape index (κ1) is 23.7. The highest BCUT2D eigenvalue weighted by Gasteiger charge is 2.32. The maximum atomic E-state index is 12.9. The SMILES string of the molecule is CN(CC1COCCO1)C(=O)C1CCN(C2CCN(CCCc3ccccc3)CC2)CC1. The summed E-state index contributed by atoms with van der Waals surface area (Å²) < 4.78 is 11.2. The van der Waals surface area contributed by atoms with Gasteiger partial charge >= 0.3 is 0 Å². The van der Waals surface area contributed by atoms with E-state index >= 15 is 0 Å². The standard InChI is InChI=1S/C26H41N3O3/c1-27(20-25-21-31-18-19-32-25)26(30)23-9-16-29(17-10-23)24-11-14-28(15-12-24)13-5-8-22-6-3-2-4-7-22/h2-4,6-7,23-25H,5,8-21H2,1H3. The van der Waals surface area contributed by atoms with E-state index in [0.29, 0.717) is 32.4 Å². The van der Waals surface area contributed by atoms with Crippen molar-refractivity contribution in [3.63, 3.8) is 0 Å². The van der Waals surface area contributed by atoms with Crippen LogP contribution >= 0.6 is 0 Å². The average molecular weight is 444 g/mol. The lowest BCUT2D eigenvalue weighted by Gasteiger charge is -2.42. The molecule has 0 spiro atoms. The van der Waals surface area contributed by atoms with Crippen LogP contribution in [0.2, 0.25) is 0 Å². The van der Waals surface area contributed by atoms with E-state index in [9.17, 15) is 4.79 Å². The van der Waals surface area contributed by atoms with Gasteiger partial charge in [0.25, 0.3) is 0 Å². The molecule has 3 saturated heterocycles. The number of piperidine rings is 2. The number of carbonyl (C=O) groups is 1. The maximum absolute atomic E-state index is 12.9. The van der Waals surface area contributed by atoms with E-state index in [1.807, 2.05) is 11.9 Å². The van der Waals surface area contributed by atoms with E-state index in [4.69, 9.17) is 9.47 Å². The van der Waals surface area contributed by atoms with Crippen LogP contribution in [-0.2, 0) is 20.7 Å². The molecule has 6 heteroatoms. The first-order valence-corrected chi connectivity index (χ1v) is 12.6. The van der Waals surface area contributed by atoms with Gasteiger partial charge in [-0.2, -0.15) is 0 Å². The third kappa shape index (κ3) is 6.77. The molecule has 178 valence electrons. The van der Waals surface area contributed by atoms with Crippen molar-refractivity contribution >= 4 is 5.91 Å². The summed E-state index contributed by atoms with van der Waals surface area (Å²) in [4.78, 5) is 20.1. The molecular formula is C26H41N3O3. The molecule has 32 heavy (non-hydrogen) atoms. The molecule has 1 aromatic carbocycles. The minimum atomic E-state index is 0.0238. The molecule has 0 bridgehead atoms. The normalized spacial score (nSPS) is 24.5. The van der Waals surface area contributed by atoms with E-state index in [-0.39, 0.29) is 17.9 Å². The number of nitrogens with zero attached hydrogens (tertiary/aromatic N) is 3. The summed E-state index contributed by atoms with van der Waals surface area (Å²) in [5, 5.41) is 0. The first-order valence-electron chi connectivity index (χ1n) is 12.6. The topological polar surface area (TPSA) is 45.3 Å². The van der Waals surface area contributed by atoms with Crippen LogP contribution in [0.1, 0.15) is 37.7 Å². The van der Waals surface area contributed by atoms with Crippen LogP contribution in [-0.4, -0.2) is 98.9 Å². The lowest BCUT2D eigenvalue weighted by molar-refractivity contribution is -0.142. The molecule has 0 N–H and O–H groups in total. The Labute approximate surface area is 193 Å². The lowest BCUT2D eigenvalue weighted by Crippen LogP contribution is -2.50. The largest absolute Gasteiger partial charge is 0.376 e. The second-order valence-electron chi connectivity index (χ2n) is 9.76. The number of rotatable bonds is 8. The number of likely N-dealkylation sites (tertiary alicyclic amines) is 2. The first-order chi connectivity index (χ1) is 15.7. The maximum Gasteiger partial charge on any atom is 0.225 e. The van der Waals surface area contributed by atoms with Gasteiger partial charge in [0.1, 0.15) is 0 Å². The Morgan fingerprint density at radius 2 is 1.78 bits per heavy atom. The molecule has 3 aliphatic rings. The summed E-state index contributed by atoms with van der Waals surface area (Å²) in [5.74, 6) is 0.450. The Hall–Kier alpha value is -1.47. The third-order valence-electron chi connectivity index (χ3n) is 7.47. The molecule has 0 radical (unpaired) electrons. The fraction of sp³-hybridized carbons (Fsp3) is 0.731. The molecular weight excluding hydrogens is 402 g/mol. The Bertz CT molecular complexity index is 679. The zero-order valence-electron chi connectivity index (χ0n) is 19.8. The molecule has 0 saturated carbocycles. The number of carbonyl (C=O) groups excluding carboxylic acids is 1. The number of hydrogen-bond acceptors (Lipinski definition) is 5. The fourth-order valence-electron chi connectivity index (χ4n) is 5.52. The Balaban J connectivity index is 1.12. The van der Waals surface area contributed by atoms with Crippen LogP contribution < -0.4 is 0 Å². The van der Waals surface area contributed by atoms with Crippen molar-refractivity contribution in [1.29, 1.82) is 0 Å². The summed E-state index contributed by atoms with van der Waals surface area (Å²) in [6.07, 6.45) is 6.96. The molecule has 1 unspecified atom stereocenters. The van der Waals surface area contributed by atoms with Crippen molar-refractivity contribution in [3.8, 4) is 0 Å². The van der Waals surface area contributed by atoms with Crippen molar-refractivity contribution in [2.75, 3.05) is 66.1 Å². The van der Waals surface area contributed by atoms with Gasteiger partial charge in [-0.1, -0.05) is 30.3 Å². The van der Waals surface area contributed by atoms with Crippen LogP contribution in [0.3, 0.4) is 0 Å². The van der Waals surface area contributed by atoms with Gasteiger partial charge in [0.15, 0.2) is 0 Å². The van der Waals surface area contributed by atoms with Crippen LogP contribution in [0.5, 0.6) is 0 Å². The van der Waals surface area contributed by atoms with E-state index in [1.165, 1.54) is 50.9 Å². The molecule has 0 aromatic heterocycles. The van der Waals surface area contributed by atoms with Gasteiger partial charge in [-0.05, 0) is 76.8 Å². The summed E-state index contributed by atoms with van der Waals surface area (Å²) >= 11 is 0. The second-order valence-corrected chi connectivity index (χ2v) is 9.76. The lowest BCUT2D eigenvalue weighted by atomic mass is 9.92. The van der Waals surface area contributed by atoms with E-state index in [0.717, 1.165) is 25.9 Å². The number of aryl methyl sites for hydroxylation is 1. The predicted molar refractivity (Wildman–Crippen MR) is 127 cm³/mol. The third-order valence-corrected chi connectivity index (χ3v) is 7.47. The van der Waals surface area contributed by atoms with Gasteiger partial charge in [-0.3, -0.25) is 4.79 Å². The molecule has 6 nitrogen and oxygen atoms in total. The smallest absolute Gasteiger partial charge is 0.225 e. The van der Waals surface area contributed by atoms with Crippen LogP contribution in [0.15, 0.2) is 30.3 Å². The number of hydrogen-bond donors (Lipinski definition) is 0. The van der Waals surface area contributed by atoms with Gasteiger partial charge < -0.3 is 24.2 Å². The van der Waals surface area contributed by atoms with Crippen LogP contribution in [0.4, 0.5) is 0 Å². The highest BCUT2D eigenvalue weighted by atomic mass is 16.6. The van der Waals surface area contributed by atoms with Gasteiger partial charge in [-0.15, -0.1) is 0 Å². The summed E-state index contributed by atoms with van der Waals surface area (Å²) in [6.45, 7) is 8.30. The Morgan fingerprint density at radius 1 is 1.03 bits per heavy atom. The predicted octanol–water partition coefficient (Wildman–Crippen LogP) is 2.67. The van der Waals surface area contributed by atoms with Gasteiger partial charge in [0.2, 0.25) is 5.91 Å². The van der Waals surface area contributed by atoms with Crippen molar-refractivity contribution in [2.45, 2.75) is 50.7 Å². The minimum absolute atomic E-state index is 0.0238. The summed E-state index contributed by atoms with van der Waals surface area (Å²) in [6, 6.07) is 11.5. The van der Waals surface area contributed by atoms with Crippen LogP contribution in [0.25, 0.3) is 0 Å². The average Bonchev–Trinajstić information content (AvgIpc) is 2.85. The highest BCUT2D eigenvalue weighted by Crippen LogP contribution is 2.25. The quantitative estimate of drug-likeness (QED) is 0.618. The number of amides is 1. The Morgan fingerprint density at radius 3 is 2.47 bits per heavy atom. The van der Waals surface area contributed by atoms with Crippen molar-refractivity contribution in [3.05, 3.63) is 35.9 Å². The molecule has 4 rings (SSSR count). The van der Waals surface area contributed by atoms with Crippen molar-refractivity contribution in [1.82, 2.24) is 14.7 Å². The van der Waals surface area contributed by atoms with E-state index in [2.05, 4.69) is 40.1 Å².